The maximum atomic E-state index is 13.9. The van der Waals surface area contributed by atoms with Crippen LogP contribution >= 0.6 is 0 Å². The maximum Gasteiger partial charge on any atom is 0.244 e. The molecule has 3 aromatic carbocycles. The summed E-state index contributed by atoms with van der Waals surface area (Å²) >= 11 is 0. The van der Waals surface area contributed by atoms with Gasteiger partial charge in [-0.05, 0) is 68.3 Å². The van der Waals surface area contributed by atoms with Gasteiger partial charge in [0.1, 0.15) is 24.2 Å². The van der Waals surface area contributed by atoms with Crippen LogP contribution in [0.4, 0.5) is 14.5 Å². The van der Waals surface area contributed by atoms with Crippen molar-refractivity contribution >= 4 is 27.5 Å². The van der Waals surface area contributed by atoms with Crippen molar-refractivity contribution in [2.24, 2.45) is 0 Å². The number of amides is 2. The monoisotopic (exact) mass is 557 g/mol. The molecule has 0 saturated heterocycles. The van der Waals surface area contributed by atoms with E-state index in [9.17, 15) is 26.8 Å². The van der Waals surface area contributed by atoms with Crippen LogP contribution in [0.5, 0.6) is 0 Å². The van der Waals surface area contributed by atoms with Gasteiger partial charge in [-0.1, -0.05) is 42.5 Å². The van der Waals surface area contributed by atoms with Crippen molar-refractivity contribution in [1.82, 2.24) is 10.2 Å². The Kier molecular flexibility index (Phi) is 9.45. The zero-order chi connectivity index (χ0) is 28.8. The van der Waals surface area contributed by atoms with Gasteiger partial charge in [0.15, 0.2) is 0 Å². The number of carbonyl (C=O) groups is 2. The lowest BCUT2D eigenvalue weighted by Crippen LogP contribution is -2.56. The maximum absolute atomic E-state index is 13.9. The number of halogens is 2. The molecule has 0 heterocycles. The molecule has 0 fully saturated rings. The summed E-state index contributed by atoms with van der Waals surface area (Å²) in [5.74, 6) is -2.09. The Labute approximate surface area is 228 Å². The van der Waals surface area contributed by atoms with Gasteiger partial charge in [0.25, 0.3) is 0 Å². The second-order valence-corrected chi connectivity index (χ2v) is 12.2. The number of hydrogen-bond donors (Lipinski definition) is 1. The molecule has 0 aliphatic heterocycles. The van der Waals surface area contributed by atoms with Crippen molar-refractivity contribution in [1.29, 1.82) is 0 Å². The topological polar surface area (TPSA) is 86.8 Å². The Morgan fingerprint density at radius 1 is 0.846 bits per heavy atom. The zero-order valence-electron chi connectivity index (χ0n) is 22.4. The molecule has 0 unspecified atom stereocenters. The van der Waals surface area contributed by atoms with Crippen LogP contribution in [-0.4, -0.2) is 49.5 Å². The molecule has 0 aliphatic carbocycles. The van der Waals surface area contributed by atoms with E-state index in [1.54, 1.807) is 0 Å². The molecule has 10 heteroatoms. The van der Waals surface area contributed by atoms with Crippen molar-refractivity contribution < 1.29 is 26.8 Å². The van der Waals surface area contributed by atoms with Crippen LogP contribution in [0.25, 0.3) is 0 Å². The van der Waals surface area contributed by atoms with Crippen molar-refractivity contribution in [3.63, 3.8) is 0 Å². The standard InChI is InChI=1S/C29H33F2N3O4S/c1-29(2,3)32-28(36)26(18-21-8-6-5-7-9-21)33(19-22-10-12-23(30)13-11-22)27(35)20-34(39(4,37)38)25-16-14-24(31)15-17-25/h5-17,26H,18-20H2,1-4H3,(H,32,36)/t26-/m0/s1. The van der Waals surface area contributed by atoms with E-state index in [1.807, 2.05) is 51.1 Å². The number of nitrogens with zero attached hydrogens (tertiary/aromatic N) is 2. The highest BCUT2D eigenvalue weighted by atomic mass is 32.2. The second-order valence-electron chi connectivity index (χ2n) is 10.3. The minimum absolute atomic E-state index is 0.0742. The van der Waals surface area contributed by atoms with Gasteiger partial charge in [0.2, 0.25) is 21.8 Å². The first-order valence-electron chi connectivity index (χ1n) is 12.4. The number of carbonyl (C=O) groups excluding carboxylic acids is 2. The normalized spacial score (nSPS) is 12.5. The van der Waals surface area contributed by atoms with E-state index < -0.39 is 51.6 Å². The summed E-state index contributed by atoms with van der Waals surface area (Å²) in [6.07, 6.45) is 1.10. The molecule has 1 N–H and O–H groups in total. The van der Waals surface area contributed by atoms with E-state index in [4.69, 9.17) is 0 Å². The zero-order valence-corrected chi connectivity index (χ0v) is 23.2. The van der Waals surface area contributed by atoms with Gasteiger partial charge in [0.05, 0.1) is 11.9 Å². The lowest BCUT2D eigenvalue weighted by Gasteiger charge is -2.35. The van der Waals surface area contributed by atoms with Crippen molar-refractivity contribution in [3.8, 4) is 0 Å². The Hall–Kier alpha value is -3.79. The Balaban J connectivity index is 2.06. The molecule has 2 amide bonds. The molecule has 0 saturated carbocycles. The molecular formula is C29H33F2N3O4S. The van der Waals surface area contributed by atoms with Crippen molar-refractivity contribution in [2.75, 3.05) is 17.1 Å². The fraction of sp³-hybridized carbons (Fsp3) is 0.310. The molecule has 0 aromatic heterocycles. The average Bonchev–Trinajstić information content (AvgIpc) is 2.85. The molecule has 0 spiro atoms. The molecule has 208 valence electrons. The average molecular weight is 558 g/mol. The van der Waals surface area contributed by atoms with Crippen molar-refractivity contribution in [3.05, 3.63) is 102 Å². The fourth-order valence-electron chi connectivity index (χ4n) is 4.01. The molecule has 39 heavy (non-hydrogen) atoms. The number of benzene rings is 3. The second kappa shape index (κ2) is 12.4. The number of sulfonamides is 1. The fourth-order valence-corrected chi connectivity index (χ4v) is 4.86. The van der Waals surface area contributed by atoms with Crippen molar-refractivity contribution in [2.45, 2.75) is 45.3 Å². The third-order valence-corrected chi connectivity index (χ3v) is 6.97. The van der Waals surface area contributed by atoms with Gasteiger partial charge in [-0.3, -0.25) is 13.9 Å². The SMILES string of the molecule is CC(C)(C)NC(=O)[C@H](Cc1ccccc1)N(Cc1ccc(F)cc1)C(=O)CN(c1ccc(F)cc1)S(C)(=O)=O. The van der Waals surface area contributed by atoms with Gasteiger partial charge >= 0.3 is 0 Å². The summed E-state index contributed by atoms with van der Waals surface area (Å²) in [7, 11) is -3.96. The smallest absolute Gasteiger partial charge is 0.244 e. The van der Waals surface area contributed by atoms with Gasteiger partial charge < -0.3 is 10.2 Å². The molecule has 3 aromatic rings. The number of nitrogens with one attached hydrogen (secondary N) is 1. The van der Waals surface area contributed by atoms with Gasteiger partial charge in [0, 0.05) is 18.5 Å². The molecule has 0 aliphatic rings. The largest absolute Gasteiger partial charge is 0.350 e. The van der Waals surface area contributed by atoms with E-state index in [1.165, 1.54) is 41.3 Å². The predicted molar refractivity (Wildman–Crippen MR) is 147 cm³/mol. The first-order valence-corrected chi connectivity index (χ1v) is 14.2. The van der Waals surface area contributed by atoms with Gasteiger partial charge in [-0.25, -0.2) is 17.2 Å². The number of anilines is 1. The molecule has 0 bridgehead atoms. The lowest BCUT2D eigenvalue weighted by atomic mass is 10.0. The van der Waals surface area contributed by atoms with E-state index in [0.29, 0.717) is 5.56 Å². The van der Waals surface area contributed by atoms with E-state index >= 15 is 0 Å². The highest BCUT2D eigenvalue weighted by Crippen LogP contribution is 2.21. The predicted octanol–water partition coefficient (Wildman–Crippen LogP) is 4.29. The third kappa shape index (κ3) is 8.88. The molecule has 1 atom stereocenters. The van der Waals surface area contributed by atoms with E-state index in [-0.39, 0.29) is 18.7 Å². The van der Waals surface area contributed by atoms with Crippen LogP contribution < -0.4 is 9.62 Å². The highest BCUT2D eigenvalue weighted by molar-refractivity contribution is 7.92. The van der Waals surface area contributed by atoms with Crippen LogP contribution in [0.15, 0.2) is 78.9 Å². The Bertz CT molecular complexity index is 1370. The van der Waals surface area contributed by atoms with Gasteiger partial charge in [-0.2, -0.15) is 0 Å². The van der Waals surface area contributed by atoms with Crippen LogP contribution in [0, 0.1) is 11.6 Å². The van der Waals surface area contributed by atoms with Crippen LogP contribution in [-0.2, 0) is 32.6 Å². The minimum atomic E-state index is -3.96. The summed E-state index contributed by atoms with van der Waals surface area (Å²) in [5.41, 5.74) is 0.845. The van der Waals surface area contributed by atoms with Crippen LogP contribution in [0.1, 0.15) is 31.9 Å². The summed E-state index contributed by atoms with van der Waals surface area (Å²) < 4.78 is 53.4. The van der Waals surface area contributed by atoms with Crippen LogP contribution in [0.3, 0.4) is 0 Å². The summed E-state index contributed by atoms with van der Waals surface area (Å²) in [5, 5.41) is 2.92. The molecule has 3 rings (SSSR count). The van der Waals surface area contributed by atoms with Gasteiger partial charge in [-0.15, -0.1) is 0 Å². The first kappa shape index (κ1) is 29.8. The number of hydrogen-bond acceptors (Lipinski definition) is 4. The molecule has 0 radical (unpaired) electrons. The molecular weight excluding hydrogens is 524 g/mol. The van der Waals surface area contributed by atoms with E-state index in [0.717, 1.165) is 28.3 Å². The minimum Gasteiger partial charge on any atom is -0.350 e. The summed E-state index contributed by atoms with van der Waals surface area (Å²) in [4.78, 5) is 28.8. The summed E-state index contributed by atoms with van der Waals surface area (Å²) in [6, 6.07) is 18.4. The Morgan fingerprint density at radius 3 is 1.90 bits per heavy atom. The quantitative estimate of drug-likeness (QED) is 0.403. The highest BCUT2D eigenvalue weighted by Gasteiger charge is 2.34. The Morgan fingerprint density at radius 2 is 1.38 bits per heavy atom. The summed E-state index contributed by atoms with van der Waals surface area (Å²) in [6.45, 7) is 4.75. The van der Waals surface area contributed by atoms with E-state index in [2.05, 4.69) is 5.32 Å². The molecule has 7 nitrogen and oxygen atoms in total. The number of rotatable bonds is 10. The first-order chi connectivity index (χ1) is 18.2. The van der Waals surface area contributed by atoms with Crippen LogP contribution in [0.2, 0.25) is 0 Å². The third-order valence-electron chi connectivity index (χ3n) is 5.83. The lowest BCUT2D eigenvalue weighted by molar-refractivity contribution is -0.140.